The second kappa shape index (κ2) is 13.3. The van der Waals surface area contributed by atoms with Crippen LogP contribution >= 0.6 is 0 Å². The van der Waals surface area contributed by atoms with Gasteiger partial charge in [0, 0.05) is 16.3 Å². The van der Waals surface area contributed by atoms with Gasteiger partial charge in [0.25, 0.3) is 0 Å². The Morgan fingerprint density at radius 3 is 1.63 bits per heavy atom. The summed E-state index contributed by atoms with van der Waals surface area (Å²) in [6, 6.07) is 69.2. The second-order valence-corrected chi connectivity index (χ2v) is 14.8. The fourth-order valence-electron chi connectivity index (χ4n) is 8.48. The van der Waals surface area contributed by atoms with E-state index in [9.17, 15) is 0 Å². The number of oxazole rings is 1. The number of hydrogen-bond donors (Lipinski definition) is 0. The Hall–Kier alpha value is -7.55. The lowest BCUT2D eigenvalue weighted by Gasteiger charge is -2.16. The van der Waals surface area contributed by atoms with E-state index in [0.717, 1.165) is 66.4 Å². The zero-order valence-electron chi connectivity index (χ0n) is 31.1. The number of allylic oxidation sites excluding steroid dienone is 2. The summed E-state index contributed by atoms with van der Waals surface area (Å²) >= 11 is 0. The van der Waals surface area contributed by atoms with Crippen LogP contribution in [0.1, 0.15) is 16.7 Å². The smallest absolute Gasteiger partial charge is 0.227 e. The molecule has 2 nitrogen and oxygen atoms in total. The topological polar surface area (TPSA) is 26.0 Å². The number of benzene rings is 10. The Balaban J connectivity index is 1.05. The van der Waals surface area contributed by atoms with Gasteiger partial charge in [0.05, 0.1) is 0 Å². The first kappa shape index (κ1) is 32.8. The van der Waals surface area contributed by atoms with E-state index in [4.69, 9.17) is 9.40 Å². The zero-order chi connectivity index (χ0) is 37.9. The highest BCUT2D eigenvalue weighted by Gasteiger charge is 2.17. The molecule has 0 saturated carbocycles. The van der Waals surface area contributed by atoms with Crippen LogP contribution in [0, 0.1) is 0 Å². The molecule has 1 heterocycles. The van der Waals surface area contributed by atoms with E-state index in [1.807, 2.05) is 0 Å². The third kappa shape index (κ3) is 5.70. The van der Waals surface area contributed by atoms with Gasteiger partial charge in [-0.05, 0) is 125 Å². The molecule has 0 aliphatic rings. The molecule has 0 aliphatic heterocycles. The number of hydrogen-bond acceptors (Lipinski definition) is 2. The van der Waals surface area contributed by atoms with Crippen molar-refractivity contribution in [2.45, 2.75) is 0 Å². The fourth-order valence-corrected chi connectivity index (χ4v) is 8.48. The Morgan fingerprint density at radius 2 is 0.930 bits per heavy atom. The van der Waals surface area contributed by atoms with E-state index in [2.05, 4.69) is 207 Å². The molecule has 0 saturated heterocycles. The van der Waals surface area contributed by atoms with E-state index in [1.54, 1.807) is 0 Å². The highest BCUT2D eigenvalue weighted by molar-refractivity contribution is 6.22. The van der Waals surface area contributed by atoms with Crippen LogP contribution < -0.4 is 0 Å². The van der Waals surface area contributed by atoms with Gasteiger partial charge in [0.15, 0.2) is 5.58 Å². The van der Waals surface area contributed by atoms with Gasteiger partial charge < -0.3 is 4.42 Å². The molecule has 0 unspecified atom stereocenters. The largest absolute Gasteiger partial charge is 0.435 e. The van der Waals surface area contributed by atoms with Crippen LogP contribution in [0.25, 0.3) is 98.7 Å². The summed E-state index contributed by atoms with van der Waals surface area (Å²) in [5, 5.41) is 11.7. The molecule has 0 N–H and O–H groups in total. The normalized spacial score (nSPS) is 12.0. The highest BCUT2D eigenvalue weighted by Crippen LogP contribution is 2.40. The van der Waals surface area contributed by atoms with E-state index < -0.39 is 0 Å². The maximum absolute atomic E-state index is 6.59. The van der Waals surface area contributed by atoms with Gasteiger partial charge in [-0.3, -0.25) is 0 Å². The lowest BCUT2D eigenvalue weighted by atomic mass is 9.88. The van der Waals surface area contributed by atoms with Crippen molar-refractivity contribution in [2.75, 3.05) is 0 Å². The summed E-state index contributed by atoms with van der Waals surface area (Å²) in [6.45, 7) is 4.62. The second-order valence-electron chi connectivity index (χ2n) is 14.8. The average molecular weight is 726 g/mol. The Kier molecular flexibility index (Phi) is 7.68. The van der Waals surface area contributed by atoms with Crippen molar-refractivity contribution < 1.29 is 4.42 Å². The third-order valence-electron chi connectivity index (χ3n) is 11.4. The summed E-state index contributed by atoms with van der Waals surface area (Å²) in [4.78, 5) is 5.09. The summed E-state index contributed by atoms with van der Waals surface area (Å²) < 4.78 is 6.59. The molecule has 0 radical (unpaired) electrons. The SMILES string of the molecule is C=C(/C=C(/c1ccc2ccccc2c1)c1cc(-c2ccc(-c3nc4c5ccccc5c5ccccc5c4o3)cc2)c2ccccc2c1)c1ccc2ccccc2c1. The minimum atomic E-state index is 0.616. The maximum atomic E-state index is 6.59. The summed E-state index contributed by atoms with van der Waals surface area (Å²) in [5.74, 6) is 0.616. The van der Waals surface area contributed by atoms with Crippen molar-refractivity contribution in [1.29, 1.82) is 0 Å². The van der Waals surface area contributed by atoms with E-state index >= 15 is 0 Å². The van der Waals surface area contributed by atoms with Crippen molar-refractivity contribution in [3.05, 3.63) is 223 Å². The monoisotopic (exact) mass is 725 g/mol. The standard InChI is InChI=1S/C55H35NO/c1-35(40-28-22-36-12-2-4-14-41(36)31-40)30-51(44-29-23-37-13-3-5-15-42(37)32-44)45-33-43-16-6-7-17-46(43)52(34-45)38-24-26-39(27-25-38)55-56-53-49-20-10-8-18-47(49)48-19-9-11-21-50(48)54(53)57-55/h2-34H,1H2/b51-30-. The highest BCUT2D eigenvalue weighted by atomic mass is 16.3. The predicted molar refractivity (Wildman–Crippen MR) is 241 cm³/mol. The fraction of sp³-hybridized carbons (Fsp3) is 0. The first-order chi connectivity index (χ1) is 28.1. The van der Waals surface area contributed by atoms with Crippen LogP contribution in [0.3, 0.4) is 0 Å². The van der Waals surface area contributed by atoms with E-state index in [-0.39, 0.29) is 0 Å². The zero-order valence-corrected chi connectivity index (χ0v) is 31.1. The van der Waals surface area contributed by atoms with E-state index in [1.165, 1.54) is 43.1 Å². The third-order valence-corrected chi connectivity index (χ3v) is 11.4. The number of fused-ring (bicyclic) bond motifs is 9. The predicted octanol–water partition coefficient (Wildman–Crippen LogP) is 15.1. The molecular weight excluding hydrogens is 691 g/mol. The van der Waals surface area contributed by atoms with Crippen LogP contribution in [0.15, 0.2) is 211 Å². The lowest BCUT2D eigenvalue weighted by molar-refractivity contribution is 0.623. The molecule has 266 valence electrons. The van der Waals surface area contributed by atoms with Crippen molar-refractivity contribution in [1.82, 2.24) is 4.98 Å². The number of rotatable bonds is 6. The molecule has 11 rings (SSSR count). The van der Waals surface area contributed by atoms with Crippen LogP contribution in [0.5, 0.6) is 0 Å². The molecule has 0 atom stereocenters. The minimum absolute atomic E-state index is 0.616. The van der Waals surface area contributed by atoms with Crippen LogP contribution in [-0.4, -0.2) is 4.98 Å². The molecule has 2 heteroatoms. The molecule has 0 spiro atoms. The van der Waals surface area contributed by atoms with Gasteiger partial charge in [-0.1, -0.05) is 164 Å². The molecular formula is C55H35NO. The lowest BCUT2D eigenvalue weighted by Crippen LogP contribution is -1.93. The molecule has 11 aromatic rings. The Labute approximate surface area is 330 Å². The molecule has 0 fully saturated rings. The average Bonchev–Trinajstić information content (AvgIpc) is 3.74. The molecule has 1 aromatic heterocycles. The first-order valence-electron chi connectivity index (χ1n) is 19.4. The molecule has 10 aromatic carbocycles. The van der Waals surface area contributed by atoms with Crippen LogP contribution in [0.4, 0.5) is 0 Å². The van der Waals surface area contributed by atoms with Gasteiger partial charge in [0.2, 0.25) is 5.89 Å². The van der Waals surface area contributed by atoms with Gasteiger partial charge in [-0.2, -0.15) is 0 Å². The maximum Gasteiger partial charge on any atom is 0.227 e. The van der Waals surface area contributed by atoms with Gasteiger partial charge >= 0.3 is 0 Å². The first-order valence-corrected chi connectivity index (χ1v) is 19.4. The van der Waals surface area contributed by atoms with Crippen LogP contribution in [-0.2, 0) is 0 Å². The molecule has 57 heavy (non-hydrogen) atoms. The Morgan fingerprint density at radius 1 is 0.421 bits per heavy atom. The summed E-state index contributed by atoms with van der Waals surface area (Å²) in [6.07, 6.45) is 2.26. The van der Waals surface area contributed by atoms with Gasteiger partial charge in [-0.15, -0.1) is 0 Å². The molecule has 0 aliphatic carbocycles. The number of nitrogens with zero attached hydrogens (tertiary/aromatic N) is 1. The minimum Gasteiger partial charge on any atom is -0.435 e. The summed E-state index contributed by atoms with van der Waals surface area (Å²) in [7, 11) is 0. The Bertz CT molecular complexity index is 3350. The van der Waals surface area contributed by atoms with Crippen molar-refractivity contribution in [2.24, 2.45) is 0 Å². The molecule has 0 amide bonds. The van der Waals surface area contributed by atoms with Crippen molar-refractivity contribution in [3.8, 4) is 22.6 Å². The quantitative estimate of drug-likeness (QED) is 0.126. The van der Waals surface area contributed by atoms with Gasteiger partial charge in [-0.25, -0.2) is 4.98 Å². The van der Waals surface area contributed by atoms with Crippen molar-refractivity contribution >= 4 is 76.1 Å². The number of aromatic nitrogens is 1. The van der Waals surface area contributed by atoms with E-state index in [0.29, 0.717) is 5.89 Å². The molecule has 0 bridgehead atoms. The van der Waals surface area contributed by atoms with Gasteiger partial charge in [0.1, 0.15) is 5.52 Å². The van der Waals surface area contributed by atoms with Crippen LogP contribution in [0.2, 0.25) is 0 Å². The van der Waals surface area contributed by atoms with Crippen molar-refractivity contribution in [3.63, 3.8) is 0 Å². The summed E-state index contributed by atoms with van der Waals surface area (Å²) in [5.41, 5.74) is 10.4.